The summed E-state index contributed by atoms with van der Waals surface area (Å²) in [7, 11) is 0. The zero-order chi connectivity index (χ0) is 28.0. The van der Waals surface area contributed by atoms with Crippen LogP contribution in [0.2, 0.25) is 10.0 Å². The number of anilines is 1. The van der Waals surface area contributed by atoms with Crippen molar-refractivity contribution in [1.29, 1.82) is 0 Å². The molecule has 2 amide bonds. The lowest BCUT2D eigenvalue weighted by Crippen LogP contribution is -2.34. The molecule has 0 saturated heterocycles. The number of carbonyl (C=O) groups is 2. The van der Waals surface area contributed by atoms with E-state index in [1.165, 1.54) is 0 Å². The van der Waals surface area contributed by atoms with Crippen molar-refractivity contribution < 1.29 is 22.8 Å². The maximum atomic E-state index is 13.0. The first-order valence-corrected chi connectivity index (χ1v) is 13.0. The topological polar surface area (TPSA) is 88.9 Å². The molecule has 202 valence electrons. The average molecular weight is 586 g/mol. The van der Waals surface area contributed by atoms with E-state index in [0.717, 1.165) is 30.0 Å². The number of allylic oxidation sites excluding steroid dienone is 1. The number of benzene rings is 2. The van der Waals surface area contributed by atoms with Crippen molar-refractivity contribution in [1.82, 2.24) is 20.1 Å². The second-order valence-electron chi connectivity index (χ2n) is 8.44. The van der Waals surface area contributed by atoms with E-state index in [9.17, 15) is 22.8 Å². The zero-order valence-corrected chi connectivity index (χ0v) is 22.7. The molecule has 2 aromatic carbocycles. The third-order valence-corrected chi connectivity index (χ3v) is 6.93. The van der Waals surface area contributed by atoms with Gasteiger partial charge < -0.3 is 15.2 Å². The van der Waals surface area contributed by atoms with Gasteiger partial charge in [-0.1, -0.05) is 67.0 Å². The molecule has 1 heterocycles. The second kappa shape index (κ2) is 12.7. The summed E-state index contributed by atoms with van der Waals surface area (Å²) >= 11 is 13.2. The number of thioether (sulfide) groups is 1. The highest BCUT2D eigenvalue weighted by Gasteiger charge is 2.31. The number of nitrogens with zero attached hydrogens (tertiary/aromatic N) is 3. The van der Waals surface area contributed by atoms with E-state index in [1.807, 2.05) is 13.8 Å². The minimum atomic E-state index is -4.58. The van der Waals surface area contributed by atoms with Crippen LogP contribution < -0.4 is 10.6 Å². The predicted molar refractivity (Wildman–Crippen MR) is 143 cm³/mol. The van der Waals surface area contributed by atoms with Gasteiger partial charge in [0.2, 0.25) is 5.91 Å². The Morgan fingerprint density at radius 2 is 1.84 bits per heavy atom. The Hall–Kier alpha value is -3.02. The highest BCUT2D eigenvalue weighted by atomic mass is 35.5. The van der Waals surface area contributed by atoms with Crippen molar-refractivity contribution in [2.45, 2.75) is 37.8 Å². The molecule has 0 aliphatic heterocycles. The number of alkyl halides is 3. The lowest BCUT2D eigenvalue weighted by Gasteiger charge is -2.23. The molecule has 0 fully saturated rings. The summed E-state index contributed by atoms with van der Waals surface area (Å²) in [5.74, 6) is -0.782. The van der Waals surface area contributed by atoms with Gasteiger partial charge in [-0.25, -0.2) is 0 Å². The lowest BCUT2D eigenvalue weighted by molar-refractivity contribution is -0.137. The van der Waals surface area contributed by atoms with Crippen LogP contribution in [-0.2, 0) is 17.5 Å². The second-order valence-corrected chi connectivity index (χ2v) is 10.2. The number of hydrogen-bond donors (Lipinski definition) is 2. The molecule has 0 bridgehead atoms. The predicted octanol–water partition coefficient (Wildman–Crippen LogP) is 6.65. The van der Waals surface area contributed by atoms with Crippen molar-refractivity contribution in [3.8, 4) is 0 Å². The van der Waals surface area contributed by atoms with Gasteiger partial charge in [0.05, 0.1) is 38.7 Å². The Labute approximate surface area is 231 Å². The van der Waals surface area contributed by atoms with E-state index >= 15 is 0 Å². The molecule has 1 atom stereocenters. The fourth-order valence-electron chi connectivity index (χ4n) is 3.45. The quantitative estimate of drug-likeness (QED) is 0.205. The van der Waals surface area contributed by atoms with Crippen LogP contribution in [0.3, 0.4) is 0 Å². The smallest absolute Gasteiger partial charge is 0.342 e. The van der Waals surface area contributed by atoms with Gasteiger partial charge in [0.1, 0.15) is 0 Å². The Morgan fingerprint density at radius 1 is 1.13 bits per heavy atom. The molecular weight excluding hydrogens is 562 g/mol. The summed E-state index contributed by atoms with van der Waals surface area (Å²) in [6.07, 6.45) is -2.96. The van der Waals surface area contributed by atoms with Crippen molar-refractivity contribution in [2.24, 2.45) is 5.92 Å². The maximum Gasteiger partial charge on any atom is 0.416 e. The molecule has 0 aliphatic rings. The first kappa shape index (κ1) is 29.5. The van der Waals surface area contributed by atoms with E-state index in [4.69, 9.17) is 23.2 Å². The van der Waals surface area contributed by atoms with Crippen molar-refractivity contribution >= 4 is 52.5 Å². The molecule has 1 aromatic heterocycles. The number of nitrogens with one attached hydrogen (secondary N) is 2. The first-order valence-electron chi connectivity index (χ1n) is 11.3. The van der Waals surface area contributed by atoms with Crippen LogP contribution in [-0.4, -0.2) is 32.3 Å². The summed E-state index contributed by atoms with van der Waals surface area (Å²) < 4.78 is 40.8. The van der Waals surface area contributed by atoms with Crippen LogP contribution in [0.25, 0.3) is 0 Å². The molecule has 0 spiro atoms. The van der Waals surface area contributed by atoms with E-state index in [1.54, 1.807) is 34.9 Å². The van der Waals surface area contributed by atoms with Gasteiger partial charge in [0, 0.05) is 6.54 Å². The number of hydrogen-bond acceptors (Lipinski definition) is 5. The van der Waals surface area contributed by atoms with Crippen LogP contribution in [0.5, 0.6) is 0 Å². The van der Waals surface area contributed by atoms with Gasteiger partial charge in [0.25, 0.3) is 5.91 Å². The summed E-state index contributed by atoms with van der Waals surface area (Å²) in [5.41, 5.74) is -0.768. The molecule has 1 unspecified atom stereocenters. The SMILES string of the molecule is C=CCn1c(SCC(=O)Nc2cc(C(F)(F)F)ccc2Cl)nnc1C(NC(=O)c1ccccc1Cl)C(C)C. The van der Waals surface area contributed by atoms with Crippen molar-refractivity contribution in [2.75, 3.05) is 11.1 Å². The van der Waals surface area contributed by atoms with Gasteiger partial charge in [-0.2, -0.15) is 13.2 Å². The Balaban J connectivity index is 1.77. The summed E-state index contributed by atoms with van der Waals surface area (Å²) in [4.78, 5) is 25.5. The average Bonchev–Trinajstić information content (AvgIpc) is 3.24. The van der Waals surface area contributed by atoms with E-state index in [-0.39, 0.29) is 34.8 Å². The normalized spacial score (nSPS) is 12.3. The van der Waals surface area contributed by atoms with Crippen LogP contribution in [0.15, 0.2) is 60.3 Å². The number of carbonyl (C=O) groups excluding carboxylic acids is 2. The van der Waals surface area contributed by atoms with Crippen LogP contribution in [0.1, 0.15) is 41.6 Å². The lowest BCUT2D eigenvalue weighted by atomic mass is 10.0. The molecule has 3 rings (SSSR count). The van der Waals surface area contributed by atoms with Gasteiger partial charge in [-0.3, -0.25) is 9.59 Å². The highest BCUT2D eigenvalue weighted by molar-refractivity contribution is 7.99. The summed E-state index contributed by atoms with van der Waals surface area (Å²) in [6, 6.07) is 8.80. The minimum Gasteiger partial charge on any atom is -0.342 e. The monoisotopic (exact) mass is 585 g/mol. The minimum absolute atomic E-state index is 0.0255. The van der Waals surface area contributed by atoms with E-state index < -0.39 is 23.7 Å². The first-order chi connectivity index (χ1) is 17.9. The highest BCUT2D eigenvalue weighted by Crippen LogP contribution is 2.34. The fraction of sp³-hybridized carbons (Fsp3) is 0.280. The number of halogens is 5. The standard InChI is InChI=1S/C25H24Cl2F3N5O2S/c1-4-11-35-22(21(14(2)3)32-23(37)16-7-5-6-8-17(16)26)33-34-24(35)38-13-20(36)31-19-12-15(25(28,29)30)9-10-18(19)27/h4-10,12,14,21H,1,11,13H2,2-3H3,(H,31,36)(H,32,37). The Morgan fingerprint density at radius 3 is 2.47 bits per heavy atom. The largest absolute Gasteiger partial charge is 0.416 e. The van der Waals surface area contributed by atoms with Gasteiger partial charge in [0.15, 0.2) is 11.0 Å². The number of amides is 2. The number of rotatable bonds is 10. The molecule has 0 saturated carbocycles. The van der Waals surface area contributed by atoms with Gasteiger partial charge in [-0.15, -0.1) is 16.8 Å². The summed E-state index contributed by atoms with van der Waals surface area (Å²) in [6.45, 7) is 7.86. The maximum absolute atomic E-state index is 13.0. The fourth-order valence-corrected chi connectivity index (χ4v) is 4.59. The number of aromatic nitrogens is 3. The molecular formula is C25H24Cl2F3N5O2S. The molecule has 13 heteroatoms. The molecule has 0 radical (unpaired) electrons. The molecule has 3 aromatic rings. The molecule has 38 heavy (non-hydrogen) atoms. The molecule has 7 nitrogen and oxygen atoms in total. The van der Waals surface area contributed by atoms with Crippen LogP contribution in [0, 0.1) is 5.92 Å². The van der Waals surface area contributed by atoms with Crippen molar-refractivity contribution in [3.63, 3.8) is 0 Å². The van der Waals surface area contributed by atoms with E-state index in [2.05, 4.69) is 27.4 Å². The van der Waals surface area contributed by atoms with Gasteiger partial charge in [-0.05, 0) is 36.2 Å². The van der Waals surface area contributed by atoms with Crippen LogP contribution >= 0.6 is 35.0 Å². The Bertz CT molecular complexity index is 1330. The van der Waals surface area contributed by atoms with Crippen LogP contribution in [0.4, 0.5) is 18.9 Å². The third kappa shape index (κ3) is 7.30. The van der Waals surface area contributed by atoms with Crippen molar-refractivity contribution in [3.05, 3.63) is 82.1 Å². The van der Waals surface area contributed by atoms with E-state index in [0.29, 0.717) is 21.6 Å². The third-order valence-electron chi connectivity index (χ3n) is 5.31. The molecule has 2 N–H and O–H groups in total. The molecule has 0 aliphatic carbocycles. The van der Waals surface area contributed by atoms with Gasteiger partial charge >= 0.3 is 6.18 Å². The zero-order valence-electron chi connectivity index (χ0n) is 20.4. The summed E-state index contributed by atoms with van der Waals surface area (Å²) in [5, 5.41) is 14.4. The Kier molecular flexibility index (Phi) is 9.86.